The molecule has 49 heavy (non-hydrogen) atoms. The number of carbonyl (C=O) groups excluding carboxylic acids is 3. The van der Waals surface area contributed by atoms with Crippen LogP contribution in [-0.4, -0.2) is 42.0 Å². The number of ketones is 1. The molecule has 4 atom stereocenters. The molecule has 1 fully saturated rings. The van der Waals surface area contributed by atoms with Gasteiger partial charge in [-0.25, -0.2) is 0 Å². The summed E-state index contributed by atoms with van der Waals surface area (Å²) in [6.07, 6.45) is 0.289. The zero-order valence-corrected chi connectivity index (χ0v) is 30.3. The molecular formula is C40H43BrN2O6. The number of amides is 2. The van der Waals surface area contributed by atoms with Gasteiger partial charge in [-0.05, 0) is 108 Å². The van der Waals surface area contributed by atoms with Crippen LogP contribution in [0, 0.1) is 39.5 Å². The molecule has 4 unspecified atom stereocenters. The van der Waals surface area contributed by atoms with E-state index in [1.807, 2.05) is 94.4 Å². The molecule has 1 saturated carbocycles. The molecule has 0 heterocycles. The van der Waals surface area contributed by atoms with Crippen molar-refractivity contribution >= 4 is 44.9 Å². The molecule has 0 bridgehead atoms. The summed E-state index contributed by atoms with van der Waals surface area (Å²) in [6, 6.07) is 24.8. The van der Waals surface area contributed by atoms with Crippen LogP contribution in [0.15, 0.2) is 83.3 Å². The second-order valence-corrected chi connectivity index (χ2v) is 14.1. The van der Waals surface area contributed by atoms with Crippen molar-refractivity contribution in [1.29, 1.82) is 0 Å². The van der Waals surface area contributed by atoms with Gasteiger partial charge in [-0.3, -0.25) is 14.4 Å². The normalized spacial score (nSPS) is 20.4. The first-order valence-corrected chi connectivity index (χ1v) is 17.1. The van der Waals surface area contributed by atoms with E-state index in [2.05, 4.69) is 26.6 Å². The largest absolute Gasteiger partial charge is 0.493 e. The van der Waals surface area contributed by atoms with Crippen molar-refractivity contribution in [3.05, 3.63) is 117 Å². The third-order valence-electron chi connectivity index (χ3n) is 9.25. The predicted molar refractivity (Wildman–Crippen MR) is 195 cm³/mol. The van der Waals surface area contributed by atoms with Crippen molar-refractivity contribution in [2.24, 2.45) is 11.8 Å². The van der Waals surface area contributed by atoms with Gasteiger partial charge in [-0.2, -0.15) is 0 Å². The molecule has 3 N–H and O–H groups in total. The summed E-state index contributed by atoms with van der Waals surface area (Å²) in [4.78, 5) is 42.6. The monoisotopic (exact) mass is 726 g/mol. The molecule has 0 spiro atoms. The predicted octanol–water partition coefficient (Wildman–Crippen LogP) is 7.63. The Hall–Kier alpha value is -4.47. The van der Waals surface area contributed by atoms with Gasteiger partial charge in [0.2, 0.25) is 11.8 Å². The van der Waals surface area contributed by atoms with Gasteiger partial charge in [0.15, 0.2) is 11.5 Å². The smallest absolute Gasteiger partial charge is 0.235 e. The van der Waals surface area contributed by atoms with Crippen LogP contribution in [0.5, 0.6) is 11.5 Å². The zero-order chi connectivity index (χ0) is 35.5. The van der Waals surface area contributed by atoms with Crippen LogP contribution in [0.25, 0.3) is 0 Å². The van der Waals surface area contributed by atoms with Crippen LogP contribution in [-0.2, 0) is 20.8 Å². The number of Topliss-reactive ketones (excluding diaryl/α,β-unsaturated/α-hetero) is 1. The van der Waals surface area contributed by atoms with Crippen molar-refractivity contribution in [1.82, 2.24) is 0 Å². The molecule has 1 aliphatic rings. The van der Waals surface area contributed by atoms with Crippen LogP contribution in [0.4, 0.5) is 11.4 Å². The fourth-order valence-corrected chi connectivity index (χ4v) is 7.22. The van der Waals surface area contributed by atoms with Crippen molar-refractivity contribution < 1.29 is 29.0 Å². The molecule has 256 valence electrons. The van der Waals surface area contributed by atoms with Gasteiger partial charge in [0, 0.05) is 30.1 Å². The minimum Gasteiger partial charge on any atom is -0.493 e. The van der Waals surface area contributed by atoms with Crippen molar-refractivity contribution in [3.8, 4) is 11.5 Å². The van der Waals surface area contributed by atoms with Crippen LogP contribution < -0.4 is 20.1 Å². The number of ether oxygens (including phenoxy) is 2. The number of nitrogens with one attached hydrogen (secondary N) is 2. The number of halogens is 1. The van der Waals surface area contributed by atoms with Crippen LogP contribution in [0.3, 0.4) is 0 Å². The summed E-state index contributed by atoms with van der Waals surface area (Å²) in [5.74, 6) is -4.26. The van der Waals surface area contributed by atoms with Gasteiger partial charge in [-0.15, -0.1) is 0 Å². The molecular weight excluding hydrogens is 684 g/mol. The third kappa shape index (κ3) is 8.06. The molecule has 0 aliphatic heterocycles. The fraction of sp³-hybridized carbons (Fsp3) is 0.325. The first-order chi connectivity index (χ1) is 23.3. The SMILES string of the molecule is COc1cc(C2C(C(=O)Nc3cc(C)ccc3C)C(=O)CC(C)(O)C2C(=O)Nc2cc(C)ccc2C)cc(Br)c1OCCc1ccccc1. The Morgan fingerprint density at radius 1 is 0.878 bits per heavy atom. The van der Waals surface area contributed by atoms with E-state index in [-0.39, 0.29) is 6.42 Å². The van der Waals surface area contributed by atoms with E-state index in [1.165, 1.54) is 14.0 Å². The first kappa shape index (κ1) is 35.8. The van der Waals surface area contributed by atoms with Gasteiger partial charge < -0.3 is 25.2 Å². The van der Waals surface area contributed by atoms with E-state index in [4.69, 9.17) is 9.47 Å². The Labute approximate surface area is 296 Å². The summed E-state index contributed by atoms with van der Waals surface area (Å²) < 4.78 is 12.5. The summed E-state index contributed by atoms with van der Waals surface area (Å²) >= 11 is 3.64. The maximum absolute atomic E-state index is 14.4. The van der Waals surface area contributed by atoms with E-state index in [0.29, 0.717) is 45.9 Å². The number of hydrogen-bond acceptors (Lipinski definition) is 6. The Bertz CT molecular complexity index is 1870. The maximum atomic E-state index is 14.4. The lowest BCUT2D eigenvalue weighted by Crippen LogP contribution is -2.56. The highest BCUT2D eigenvalue weighted by Gasteiger charge is 2.56. The lowest BCUT2D eigenvalue weighted by atomic mass is 9.61. The van der Waals surface area contributed by atoms with E-state index in [1.54, 1.807) is 12.1 Å². The average molecular weight is 728 g/mol. The van der Waals surface area contributed by atoms with Gasteiger partial charge in [-0.1, -0.05) is 54.6 Å². The number of benzene rings is 4. The van der Waals surface area contributed by atoms with E-state index in [0.717, 1.165) is 27.8 Å². The molecule has 0 saturated heterocycles. The number of carbonyl (C=O) groups is 3. The van der Waals surface area contributed by atoms with Crippen LogP contribution in [0.1, 0.15) is 52.6 Å². The van der Waals surface area contributed by atoms with Gasteiger partial charge in [0.1, 0.15) is 11.7 Å². The molecule has 0 aromatic heterocycles. The highest BCUT2D eigenvalue weighted by Crippen LogP contribution is 2.49. The summed E-state index contributed by atoms with van der Waals surface area (Å²) in [7, 11) is 1.51. The van der Waals surface area contributed by atoms with Gasteiger partial charge in [0.25, 0.3) is 0 Å². The zero-order valence-electron chi connectivity index (χ0n) is 28.7. The van der Waals surface area contributed by atoms with Gasteiger partial charge in [0.05, 0.1) is 29.7 Å². The number of anilines is 2. The Morgan fingerprint density at radius 3 is 2.06 bits per heavy atom. The minimum absolute atomic E-state index is 0.359. The summed E-state index contributed by atoms with van der Waals surface area (Å²) in [6.45, 7) is 9.46. The average Bonchev–Trinajstić information content (AvgIpc) is 3.04. The van der Waals surface area contributed by atoms with Crippen molar-refractivity contribution in [3.63, 3.8) is 0 Å². The maximum Gasteiger partial charge on any atom is 0.235 e. The number of methoxy groups -OCH3 is 1. The third-order valence-corrected chi connectivity index (χ3v) is 9.84. The molecule has 4 aromatic rings. The molecule has 4 aromatic carbocycles. The topological polar surface area (TPSA) is 114 Å². The van der Waals surface area contributed by atoms with E-state index >= 15 is 0 Å². The quantitative estimate of drug-likeness (QED) is 0.145. The lowest BCUT2D eigenvalue weighted by molar-refractivity contribution is -0.150. The Morgan fingerprint density at radius 2 is 1.47 bits per heavy atom. The number of rotatable bonds is 10. The van der Waals surface area contributed by atoms with Crippen molar-refractivity contribution in [2.45, 2.75) is 59.0 Å². The first-order valence-electron chi connectivity index (χ1n) is 16.3. The highest BCUT2D eigenvalue weighted by atomic mass is 79.9. The number of aryl methyl sites for hydroxylation is 4. The Balaban J connectivity index is 1.58. The molecule has 5 rings (SSSR count). The van der Waals surface area contributed by atoms with Crippen LogP contribution in [0.2, 0.25) is 0 Å². The highest BCUT2D eigenvalue weighted by molar-refractivity contribution is 9.10. The number of hydrogen-bond donors (Lipinski definition) is 3. The molecule has 2 amide bonds. The Kier molecular flexibility index (Phi) is 10.9. The summed E-state index contributed by atoms with van der Waals surface area (Å²) in [5.41, 5.74) is 4.54. The van der Waals surface area contributed by atoms with Gasteiger partial charge >= 0.3 is 0 Å². The minimum atomic E-state index is -1.77. The second kappa shape index (κ2) is 15.0. The molecule has 1 aliphatic carbocycles. The standard InChI is InChI=1S/C40H43BrN2O6/c1-23-12-14-25(3)30(18-23)42-38(45)35-32(44)22-40(5,47)36(39(46)43-31-19-24(2)13-15-26(31)4)34(35)28-20-29(41)37(33(21-28)48-6)49-17-16-27-10-8-7-9-11-27/h7-15,18-21,34-36,47H,16-17,22H2,1-6H3,(H,42,45)(H,43,46). The van der Waals surface area contributed by atoms with Crippen molar-refractivity contribution in [2.75, 3.05) is 24.4 Å². The second-order valence-electron chi connectivity index (χ2n) is 13.2. The summed E-state index contributed by atoms with van der Waals surface area (Å²) in [5, 5.41) is 17.8. The van der Waals surface area contributed by atoms with E-state index in [9.17, 15) is 19.5 Å². The number of aliphatic hydroxyl groups is 1. The van der Waals surface area contributed by atoms with Crippen LogP contribution >= 0.6 is 15.9 Å². The molecule has 0 radical (unpaired) electrons. The molecule has 9 heteroatoms. The van der Waals surface area contributed by atoms with E-state index < -0.39 is 41.0 Å². The molecule has 8 nitrogen and oxygen atoms in total. The lowest BCUT2D eigenvalue weighted by Gasteiger charge is -2.44. The fourth-order valence-electron chi connectivity index (χ4n) is 6.64.